The number of amides is 1. The summed E-state index contributed by atoms with van der Waals surface area (Å²) >= 11 is 0. The molecule has 1 amide bonds. The third-order valence-corrected chi connectivity index (χ3v) is 6.31. The van der Waals surface area contributed by atoms with Crippen LogP contribution in [0.15, 0.2) is 24.5 Å². The number of carbonyl (C=O) groups is 1. The van der Waals surface area contributed by atoms with Gasteiger partial charge in [-0.25, -0.2) is 4.52 Å². The van der Waals surface area contributed by atoms with E-state index in [9.17, 15) is 9.90 Å². The summed E-state index contributed by atoms with van der Waals surface area (Å²) in [6.07, 6.45) is 6.19. The molecule has 2 aliphatic heterocycles. The number of aryl methyl sites for hydroxylation is 1. The quantitative estimate of drug-likeness (QED) is 0.819. The SMILES string of the molecule is Cc1ccc2c(C(=O)N3CCC4(CC3)C[C@H](O)C[C@H](C(C)(C)C)O4)cnn2c1. The molecule has 4 rings (SSSR count). The summed E-state index contributed by atoms with van der Waals surface area (Å²) in [7, 11) is 0. The van der Waals surface area contributed by atoms with Crippen LogP contribution in [0.5, 0.6) is 0 Å². The Balaban J connectivity index is 1.48. The van der Waals surface area contributed by atoms with Crippen molar-refractivity contribution < 1.29 is 14.6 Å². The molecule has 1 spiro atoms. The number of nitrogens with zero attached hydrogens (tertiary/aromatic N) is 3. The number of likely N-dealkylation sites (tertiary alicyclic amines) is 1. The molecule has 0 saturated carbocycles. The Kier molecular flexibility index (Phi) is 4.74. The summed E-state index contributed by atoms with van der Waals surface area (Å²) in [5.41, 5.74) is 2.28. The first-order chi connectivity index (χ1) is 13.2. The van der Waals surface area contributed by atoms with Crippen LogP contribution in [0.3, 0.4) is 0 Å². The maximum Gasteiger partial charge on any atom is 0.257 e. The van der Waals surface area contributed by atoms with Crippen molar-refractivity contribution in [3.8, 4) is 0 Å². The molecule has 2 aromatic rings. The van der Waals surface area contributed by atoms with Crippen molar-refractivity contribution in [2.45, 2.75) is 71.2 Å². The highest BCUT2D eigenvalue weighted by molar-refractivity contribution is 6.00. The Morgan fingerprint density at radius 1 is 1.29 bits per heavy atom. The summed E-state index contributed by atoms with van der Waals surface area (Å²) in [6.45, 7) is 9.78. The maximum atomic E-state index is 13.1. The number of fused-ring (bicyclic) bond motifs is 1. The minimum Gasteiger partial charge on any atom is -0.393 e. The number of aliphatic hydroxyl groups excluding tert-OH is 1. The van der Waals surface area contributed by atoms with E-state index in [2.05, 4.69) is 25.9 Å². The van der Waals surface area contributed by atoms with Crippen LogP contribution in [0, 0.1) is 12.3 Å². The number of aromatic nitrogens is 2. The molecule has 6 heteroatoms. The fraction of sp³-hybridized carbons (Fsp3) is 0.636. The molecule has 2 aromatic heterocycles. The Morgan fingerprint density at radius 3 is 2.68 bits per heavy atom. The molecule has 0 aliphatic carbocycles. The van der Waals surface area contributed by atoms with Gasteiger partial charge >= 0.3 is 0 Å². The largest absolute Gasteiger partial charge is 0.393 e. The predicted octanol–water partition coefficient (Wildman–Crippen LogP) is 3.20. The summed E-state index contributed by atoms with van der Waals surface area (Å²) in [4.78, 5) is 15.0. The van der Waals surface area contributed by atoms with Crippen LogP contribution in [-0.4, -0.2) is 56.4 Å². The number of ether oxygens (including phenoxy) is 1. The van der Waals surface area contributed by atoms with Gasteiger partial charge in [0.1, 0.15) is 0 Å². The average Bonchev–Trinajstić information content (AvgIpc) is 3.03. The van der Waals surface area contributed by atoms with Gasteiger partial charge in [0.25, 0.3) is 5.91 Å². The normalized spacial score (nSPS) is 25.4. The average molecular weight is 386 g/mol. The second-order valence-electron chi connectivity index (χ2n) is 9.64. The lowest BCUT2D eigenvalue weighted by molar-refractivity contribution is -0.205. The maximum absolute atomic E-state index is 13.1. The number of aliphatic hydroxyl groups is 1. The lowest BCUT2D eigenvalue weighted by Gasteiger charge is -2.50. The Labute approximate surface area is 166 Å². The molecular formula is C22H31N3O3. The van der Waals surface area contributed by atoms with Gasteiger partial charge in [0.2, 0.25) is 0 Å². The molecule has 0 radical (unpaired) electrons. The molecule has 2 fully saturated rings. The Bertz CT molecular complexity index is 875. The fourth-order valence-electron chi connectivity index (χ4n) is 4.55. The lowest BCUT2D eigenvalue weighted by Crippen LogP contribution is -2.55. The number of carbonyl (C=O) groups excluding carboxylic acids is 1. The van der Waals surface area contributed by atoms with E-state index in [-0.39, 0.29) is 29.1 Å². The minimum absolute atomic E-state index is 0.00339. The highest BCUT2D eigenvalue weighted by Gasteiger charge is 2.46. The van der Waals surface area contributed by atoms with Crippen molar-refractivity contribution in [3.05, 3.63) is 35.7 Å². The first kappa shape index (κ1) is 19.4. The Hall–Kier alpha value is -1.92. The molecule has 0 bridgehead atoms. The van der Waals surface area contributed by atoms with Crippen LogP contribution in [0.1, 0.15) is 62.4 Å². The van der Waals surface area contributed by atoms with E-state index in [0.717, 1.165) is 23.9 Å². The van der Waals surface area contributed by atoms with E-state index in [1.54, 1.807) is 10.7 Å². The van der Waals surface area contributed by atoms with Gasteiger partial charge in [-0.2, -0.15) is 5.10 Å². The summed E-state index contributed by atoms with van der Waals surface area (Å²) < 4.78 is 8.30. The van der Waals surface area contributed by atoms with E-state index in [1.807, 2.05) is 30.2 Å². The van der Waals surface area contributed by atoms with Gasteiger partial charge in [-0.15, -0.1) is 0 Å². The highest BCUT2D eigenvalue weighted by atomic mass is 16.5. The zero-order valence-corrected chi connectivity index (χ0v) is 17.3. The van der Waals surface area contributed by atoms with E-state index in [0.29, 0.717) is 31.5 Å². The van der Waals surface area contributed by atoms with Gasteiger partial charge in [-0.1, -0.05) is 26.8 Å². The fourth-order valence-corrected chi connectivity index (χ4v) is 4.55. The second kappa shape index (κ2) is 6.85. The predicted molar refractivity (Wildman–Crippen MR) is 107 cm³/mol. The van der Waals surface area contributed by atoms with Crippen LogP contribution in [0.2, 0.25) is 0 Å². The first-order valence-electron chi connectivity index (χ1n) is 10.3. The Morgan fingerprint density at radius 2 is 2.00 bits per heavy atom. The van der Waals surface area contributed by atoms with Crippen LogP contribution >= 0.6 is 0 Å². The van der Waals surface area contributed by atoms with Crippen LogP contribution in [0.4, 0.5) is 0 Å². The van der Waals surface area contributed by atoms with E-state index in [4.69, 9.17) is 4.74 Å². The summed E-state index contributed by atoms with van der Waals surface area (Å²) in [5.74, 6) is 0.0254. The smallest absolute Gasteiger partial charge is 0.257 e. The van der Waals surface area contributed by atoms with Gasteiger partial charge in [0.15, 0.2) is 0 Å². The van der Waals surface area contributed by atoms with Crippen molar-refractivity contribution in [2.75, 3.05) is 13.1 Å². The van der Waals surface area contributed by atoms with Gasteiger partial charge < -0.3 is 14.7 Å². The van der Waals surface area contributed by atoms with Gasteiger partial charge in [-0.3, -0.25) is 4.79 Å². The zero-order valence-electron chi connectivity index (χ0n) is 17.3. The number of pyridine rings is 1. The van der Waals surface area contributed by atoms with Gasteiger partial charge in [0, 0.05) is 32.1 Å². The monoisotopic (exact) mass is 385 g/mol. The number of piperidine rings is 1. The van der Waals surface area contributed by atoms with Gasteiger partial charge in [0.05, 0.1) is 35.1 Å². The van der Waals surface area contributed by atoms with Crippen molar-refractivity contribution >= 4 is 11.4 Å². The molecule has 0 unspecified atom stereocenters. The number of hydrogen-bond donors (Lipinski definition) is 1. The number of hydrogen-bond acceptors (Lipinski definition) is 4. The molecule has 4 heterocycles. The van der Waals surface area contributed by atoms with Crippen molar-refractivity contribution in [1.29, 1.82) is 0 Å². The van der Waals surface area contributed by atoms with Crippen molar-refractivity contribution in [2.24, 2.45) is 5.41 Å². The summed E-state index contributed by atoms with van der Waals surface area (Å²) in [6, 6.07) is 3.96. The molecule has 0 aromatic carbocycles. The molecule has 2 atom stereocenters. The van der Waals surface area contributed by atoms with E-state index in [1.165, 1.54) is 0 Å². The number of rotatable bonds is 1. The van der Waals surface area contributed by atoms with E-state index < -0.39 is 0 Å². The van der Waals surface area contributed by atoms with Crippen LogP contribution in [0.25, 0.3) is 5.52 Å². The standard InChI is InChI=1S/C22H31N3O3/c1-15-5-6-18-17(13-23-25(18)14-15)20(27)24-9-7-22(8-10-24)12-16(26)11-19(28-22)21(2,3)4/h5-6,13-14,16,19,26H,7-12H2,1-4H3/t16-,19-/m1/s1. The zero-order chi connectivity index (χ0) is 20.1. The summed E-state index contributed by atoms with van der Waals surface area (Å²) in [5, 5.41) is 14.8. The molecule has 6 nitrogen and oxygen atoms in total. The molecule has 2 aliphatic rings. The highest BCUT2D eigenvalue weighted by Crippen LogP contribution is 2.42. The molecule has 152 valence electrons. The lowest BCUT2D eigenvalue weighted by atomic mass is 9.76. The molecular weight excluding hydrogens is 354 g/mol. The molecule has 2 saturated heterocycles. The third kappa shape index (κ3) is 3.55. The first-order valence-corrected chi connectivity index (χ1v) is 10.3. The topological polar surface area (TPSA) is 67.1 Å². The minimum atomic E-state index is -0.330. The van der Waals surface area contributed by atoms with Gasteiger partial charge in [-0.05, 0) is 36.8 Å². The molecule has 1 N–H and O–H groups in total. The third-order valence-electron chi connectivity index (χ3n) is 6.31. The second-order valence-corrected chi connectivity index (χ2v) is 9.64. The van der Waals surface area contributed by atoms with Crippen LogP contribution < -0.4 is 0 Å². The van der Waals surface area contributed by atoms with E-state index >= 15 is 0 Å². The molecule has 28 heavy (non-hydrogen) atoms. The van der Waals surface area contributed by atoms with Crippen molar-refractivity contribution in [3.63, 3.8) is 0 Å². The van der Waals surface area contributed by atoms with Crippen LogP contribution in [-0.2, 0) is 4.74 Å². The van der Waals surface area contributed by atoms with Crippen molar-refractivity contribution in [1.82, 2.24) is 14.5 Å².